The summed E-state index contributed by atoms with van der Waals surface area (Å²) in [5, 5.41) is 13.1. The molecule has 3 N–H and O–H groups in total. The molecule has 0 radical (unpaired) electrons. The SMILES string of the molecule is CC(C)C1(N=O)CCC(C)(O)C(N)C1. The van der Waals surface area contributed by atoms with Crippen molar-refractivity contribution in [1.29, 1.82) is 0 Å². The molecule has 0 saturated heterocycles. The smallest absolute Gasteiger partial charge is 0.107 e. The van der Waals surface area contributed by atoms with Crippen LogP contribution in [0.4, 0.5) is 0 Å². The van der Waals surface area contributed by atoms with E-state index in [9.17, 15) is 10.0 Å². The molecule has 3 atom stereocenters. The lowest BCUT2D eigenvalue weighted by atomic mass is 9.68. The summed E-state index contributed by atoms with van der Waals surface area (Å²) in [6.07, 6.45) is 1.67. The first-order valence-corrected chi connectivity index (χ1v) is 5.16. The van der Waals surface area contributed by atoms with Crippen LogP contribution in [0, 0.1) is 10.8 Å². The van der Waals surface area contributed by atoms with E-state index in [4.69, 9.17) is 5.73 Å². The second kappa shape index (κ2) is 3.59. The predicted molar refractivity (Wildman–Crippen MR) is 55.8 cm³/mol. The van der Waals surface area contributed by atoms with Crippen molar-refractivity contribution < 1.29 is 5.11 Å². The molecule has 1 saturated carbocycles. The van der Waals surface area contributed by atoms with Gasteiger partial charge in [0.15, 0.2) is 0 Å². The van der Waals surface area contributed by atoms with E-state index >= 15 is 0 Å². The van der Waals surface area contributed by atoms with E-state index in [-0.39, 0.29) is 12.0 Å². The lowest BCUT2D eigenvalue weighted by Crippen LogP contribution is -2.56. The van der Waals surface area contributed by atoms with Crippen molar-refractivity contribution in [2.45, 2.75) is 57.2 Å². The minimum absolute atomic E-state index is 0.183. The molecule has 0 amide bonds. The van der Waals surface area contributed by atoms with Gasteiger partial charge in [0.05, 0.1) is 5.60 Å². The topological polar surface area (TPSA) is 75.7 Å². The minimum Gasteiger partial charge on any atom is -0.389 e. The van der Waals surface area contributed by atoms with Crippen LogP contribution in [0.2, 0.25) is 0 Å². The van der Waals surface area contributed by atoms with Gasteiger partial charge in [-0.1, -0.05) is 19.0 Å². The van der Waals surface area contributed by atoms with Gasteiger partial charge >= 0.3 is 0 Å². The number of hydrogen-bond acceptors (Lipinski definition) is 4. The molecule has 14 heavy (non-hydrogen) atoms. The van der Waals surface area contributed by atoms with Crippen LogP contribution in [0.3, 0.4) is 0 Å². The molecule has 1 rings (SSSR count). The van der Waals surface area contributed by atoms with Gasteiger partial charge in [-0.2, -0.15) is 4.91 Å². The van der Waals surface area contributed by atoms with E-state index in [1.54, 1.807) is 6.92 Å². The Bertz CT molecular complexity index is 228. The summed E-state index contributed by atoms with van der Waals surface area (Å²) in [4.78, 5) is 10.9. The second-order valence-corrected chi connectivity index (χ2v) is 5.02. The van der Waals surface area contributed by atoms with E-state index in [0.29, 0.717) is 19.3 Å². The molecule has 0 aromatic rings. The monoisotopic (exact) mass is 200 g/mol. The fourth-order valence-electron chi connectivity index (χ4n) is 2.07. The maximum absolute atomic E-state index is 10.9. The van der Waals surface area contributed by atoms with Gasteiger partial charge < -0.3 is 10.8 Å². The van der Waals surface area contributed by atoms with Crippen molar-refractivity contribution in [3.63, 3.8) is 0 Å². The first kappa shape index (κ1) is 11.6. The van der Waals surface area contributed by atoms with Gasteiger partial charge in [-0.15, -0.1) is 0 Å². The Hall–Kier alpha value is -0.480. The lowest BCUT2D eigenvalue weighted by molar-refractivity contribution is -0.0247. The molecule has 1 aliphatic rings. The molecule has 4 nitrogen and oxygen atoms in total. The van der Waals surface area contributed by atoms with E-state index in [2.05, 4.69) is 5.18 Å². The Balaban J connectivity index is 2.83. The molecular weight excluding hydrogens is 180 g/mol. The van der Waals surface area contributed by atoms with Gasteiger partial charge in [-0.05, 0) is 32.1 Å². The first-order valence-electron chi connectivity index (χ1n) is 5.16. The largest absolute Gasteiger partial charge is 0.389 e. The molecule has 1 fully saturated rings. The number of hydrogen-bond donors (Lipinski definition) is 2. The third-order valence-electron chi connectivity index (χ3n) is 3.69. The minimum atomic E-state index is -0.844. The summed E-state index contributed by atoms with van der Waals surface area (Å²) in [5.41, 5.74) is 4.44. The zero-order valence-corrected chi connectivity index (χ0v) is 9.16. The van der Waals surface area contributed by atoms with Crippen molar-refractivity contribution in [2.24, 2.45) is 16.8 Å². The third kappa shape index (κ3) is 1.81. The number of rotatable bonds is 2. The standard InChI is InChI=1S/C10H20N2O2/c1-7(2)10(12-14)5-4-9(3,13)8(11)6-10/h7-8,13H,4-6,11H2,1-3H3. The van der Waals surface area contributed by atoms with E-state index in [0.717, 1.165) is 0 Å². The Morgan fingerprint density at radius 2 is 2.07 bits per heavy atom. The van der Waals surface area contributed by atoms with Crippen molar-refractivity contribution >= 4 is 0 Å². The maximum atomic E-state index is 10.9. The van der Waals surface area contributed by atoms with Crippen LogP contribution in [0.1, 0.15) is 40.0 Å². The van der Waals surface area contributed by atoms with Crippen LogP contribution in [0.15, 0.2) is 5.18 Å². The molecule has 0 aliphatic heterocycles. The molecule has 82 valence electrons. The summed E-state index contributed by atoms with van der Waals surface area (Å²) < 4.78 is 0. The lowest BCUT2D eigenvalue weighted by Gasteiger charge is -2.44. The quantitative estimate of drug-likeness (QED) is 0.662. The molecule has 0 bridgehead atoms. The molecule has 1 aliphatic carbocycles. The first-order chi connectivity index (χ1) is 6.34. The van der Waals surface area contributed by atoms with Crippen molar-refractivity contribution in [2.75, 3.05) is 0 Å². The summed E-state index contributed by atoms with van der Waals surface area (Å²) in [5.74, 6) is 0.183. The van der Waals surface area contributed by atoms with E-state index < -0.39 is 11.1 Å². The Morgan fingerprint density at radius 3 is 2.43 bits per heavy atom. The highest BCUT2D eigenvalue weighted by Gasteiger charge is 2.47. The zero-order chi connectivity index (χ0) is 11.0. The fourth-order valence-corrected chi connectivity index (χ4v) is 2.07. The molecular formula is C10H20N2O2. The number of nitrogens with zero attached hydrogens (tertiary/aromatic N) is 1. The number of nitroso groups, excluding NO2 is 1. The van der Waals surface area contributed by atoms with Gasteiger partial charge in [-0.3, -0.25) is 0 Å². The predicted octanol–water partition coefficient (Wildman–Crippen LogP) is 1.41. The van der Waals surface area contributed by atoms with Gasteiger partial charge in [-0.25, -0.2) is 0 Å². The molecule has 4 heteroatoms. The highest BCUT2D eigenvalue weighted by molar-refractivity contribution is 5.04. The second-order valence-electron chi connectivity index (χ2n) is 5.02. The molecule has 3 unspecified atom stereocenters. The summed E-state index contributed by atoms with van der Waals surface area (Å²) in [7, 11) is 0. The Morgan fingerprint density at radius 1 is 1.50 bits per heavy atom. The van der Waals surface area contributed by atoms with Crippen LogP contribution in [0.25, 0.3) is 0 Å². The highest BCUT2D eigenvalue weighted by Crippen LogP contribution is 2.40. The summed E-state index contributed by atoms with van der Waals surface area (Å²) in [6.45, 7) is 5.69. The van der Waals surface area contributed by atoms with Gasteiger partial charge in [0.25, 0.3) is 0 Å². The molecule has 0 heterocycles. The normalized spacial score (nSPS) is 44.0. The van der Waals surface area contributed by atoms with Gasteiger partial charge in [0, 0.05) is 6.04 Å². The Labute approximate surface area is 84.8 Å². The third-order valence-corrected chi connectivity index (χ3v) is 3.69. The van der Waals surface area contributed by atoms with Crippen molar-refractivity contribution in [3.8, 4) is 0 Å². The molecule has 0 spiro atoms. The average molecular weight is 200 g/mol. The molecule has 0 aromatic heterocycles. The maximum Gasteiger partial charge on any atom is 0.107 e. The van der Waals surface area contributed by atoms with E-state index in [1.165, 1.54) is 0 Å². The Kier molecular flexibility index (Phi) is 2.97. The van der Waals surface area contributed by atoms with Crippen LogP contribution in [0.5, 0.6) is 0 Å². The highest BCUT2D eigenvalue weighted by atomic mass is 16.3. The van der Waals surface area contributed by atoms with Crippen molar-refractivity contribution in [1.82, 2.24) is 0 Å². The van der Waals surface area contributed by atoms with Crippen LogP contribution < -0.4 is 5.73 Å². The van der Waals surface area contributed by atoms with Crippen LogP contribution >= 0.6 is 0 Å². The zero-order valence-electron chi connectivity index (χ0n) is 9.16. The summed E-state index contributed by atoms with van der Waals surface area (Å²) >= 11 is 0. The van der Waals surface area contributed by atoms with Gasteiger partial charge in [0.2, 0.25) is 0 Å². The molecule has 0 aromatic carbocycles. The van der Waals surface area contributed by atoms with Crippen LogP contribution in [-0.2, 0) is 0 Å². The van der Waals surface area contributed by atoms with Gasteiger partial charge in [0.1, 0.15) is 5.54 Å². The summed E-state index contributed by atoms with van der Waals surface area (Å²) in [6, 6.07) is -0.351. The van der Waals surface area contributed by atoms with E-state index in [1.807, 2.05) is 13.8 Å². The number of aliphatic hydroxyl groups is 1. The average Bonchev–Trinajstić information content (AvgIpc) is 2.10. The fraction of sp³-hybridized carbons (Fsp3) is 1.00. The number of nitrogens with two attached hydrogens (primary N) is 1. The van der Waals surface area contributed by atoms with Crippen molar-refractivity contribution in [3.05, 3.63) is 4.91 Å². The van der Waals surface area contributed by atoms with Crippen LogP contribution in [-0.4, -0.2) is 22.3 Å².